The van der Waals surface area contributed by atoms with Crippen LogP contribution in [0.4, 0.5) is 4.39 Å². The van der Waals surface area contributed by atoms with Gasteiger partial charge in [0.05, 0.1) is 25.6 Å². The quantitative estimate of drug-likeness (QED) is 0.442. The first-order valence-corrected chi connectivity index (χ1v) is 9.69. The van der Waals surface area contributed by atoms with Gasteiger partial charge in [0, 0.05) is 5.57 Å². The molecule has 31 heavy (non-hydrogen) atoms. The average molecular weight is 429 g/mol. The fourth-order valence-electron chi connectivity index (χ4n) is 3.48. The second-order valence-electron chi connectivity index (χ2n) is 7.05. The smallest absolute Gasteiger partial charge is 0.189 e. The topological polar surface area (TPSA) is 101 Å². The van der Waals surface area contributed by atoms with E-state index in [2.05, 4.69) is 0 Å². The third-order valence-corrected chi connectivity index (χ3v) is 5.09. The highest BCUT2D eigenvalue weighted by Gasteiger charge is 2.59. The third kappa shape index (κ3) is 5.28. The summed E-state index contributed by atoms with van der Waals surface area (Å²) in [5, 5.41) is 30.5. The highest BCUT2D eigenvalue weighted by Crippen LogP contribution is 2.45. The molecular formula is C23H24FNO6. The van der Waals surface area contributed by atoms with E-state index in [1.807, 2.05) is 42.5 Å². The van der Waals surface area contributed by atoms with Crippen molar-refractivity contribution in [1.29, 1.82) is 5.26 Å². The Hall–Kier alpha value is -2.80. The van der Waals surface area contributed by atoms with Gasteiger partial charge in [-0.2, -0.15) is 5.26 Å². The Kier molecular flexibility index (Phi) is 8.12. The summed E-state index contributed by atoms with van der Waals surface area (Å²) >= 11 is 0. The van der Waals surface area contributed by atoms with Gasteiger partial charge in [0.15, 0.2) is 6.79 Å². The van der Waals surface area contributed by atoms with Crippen LogP contribution in [0, 0.1) is 16.7 Å². The fourth-order valence-corrected chi connectivity index (χ4v) is 3.48. The van der Waals surface area contributed by atoms with E-state index in [1.54, 1.807) is 24.3 Å². The number of ether oxygens (including phenoxy) is 4. The second-order valence-corrected chi connectivity index (χ2v) is 7.05. The summed E-state index contributed by atoms with van der Waals surface area (Å²) in [5.74, 6) is 0.559. The summed E-state index contributed by atoms with van der Waals surface area (Å²) in [6.07, 6.45) is -4.28. The molecule has 4 atom stereocenters. The monoisotopic (exact) mass is 429 g/mol. The molecule has 0 spiro atoms. The molecule has 0 heterocycles. The van der Waals surface area contributed by atoms with Crippen molar-refractivity contribution in [2.24, 2.45) is 5.41 Å². The lowest BCUT2D eigenvalue weighted by Gasteiger charge is -2.29. The van der Waals surface area contributed by atoms with Crippen molar-refractivity contribution in [2.75, 3.05) is 20.2 Å². The third-order valence-electron chi connectivity index (χ3n) is 5.09. The first-order chi connectivity index (χ1) is 15.1. The van der Waals surface area contributed by atoms with Gasteiger partial charge in [-0.25, -0.2) is 4.39 Å². The van der Waals surface area contributed by atoms with Crippen molar-refractivity contribution in [3.8, 4) is 11.8 Å². The van der Waals surface area contributed by atoms with Crippen LogP contribution in [0.15, 0.2) is 72.6 Å². The zero-order chi connectivity index (χ0) is 22.1. The van der Waals surface area contributed by atoms with Gasteiger partial charge in [0.25, 0.3) is 0 Å². The number of rotatable bonds is 10. The molecule has 0 bridgehead atoms. The Bertz CT molecular complexity index is 888. The van der Waals surface area contributed by atoms with E-state index in [0.29, 0.717) is 5.75 Å². The van der Waals surface area contributed by atoms with Crippen molar-refractivity contribution in [3.63, 3.8) is 0 Å². The standard InChI is InChI=1S/C23H24FNO6/c24-11-19-20(26)21(27)22(31-15-28-12-17-7-3-1-4-8-17)23(19,13-25)14-29-16-30-18-9-5-2-6-10-18/h1-11,20-22,26-27H,12,14-16H2/b19-11-/t20-,21-,22-,23-/m0/s1. The minimum Gasteiger partial charge on any atom is -0.468 e. The van der Waals surface area contributed by atoms with Crippen LogP contribution in [-0.4, -0.2) is 48.7 Å². The summed E-state index contributed by atoms with van der Waals surface area (Å²) in [7, 11) is 0. The fraction of sp³-hybridized carbons (Fsp3) is 0.348. The number of para-hydroxylation sites is 1. The molecule has 1 aliphatic carbocycles. The molecule has 3 rings (SSSR count). The Balaban J connectivity index is 1.62. The predicted octanol–water partition coefficient (Wildman–Crippen LogP) is 2.70. The molecule has 0 radical (unpaired) electrons. The van der Waals surface area contributed by atoms with Crippen molar-refractivity contribution >= 4 is 0 Å². The van der Waals surface area contributed by atoms with Crippen LogP contribution in [0.3, 0.4) is 0 Å². The van der Waals surface area contributed by atoms with Crippen molar-refractivity contribution in [1.82, 2.24) is 0 Å². The number of nitriles is 1. The van der Waals surface area contributed by atoms with Gasteiger partial charge >= 0.3 is 0 Å². The molecule has 0 unspecified atom stereocenters. The number of hydrogen-bond acceptors (Lipinski definition) is 7. The summed E-state index contributed by atoms with van der Waals surface area (Å²) < 4.78 is 35.5. The SMILES string of the molecule is N#C[C@]1(COCOc2ccccc2)/C(=C\F)[C@H](O)[C@H](O)[C@@H]1OCOCc1ccccc1. The number of benzene rings is 2. The largest absolute Gasteiger partial charge is 0.468 e. The van der Waals surface area contributed by atoms with Crippen LogP contribution in [-0.2, 0) is 20.8 Å². The van der Waals surface area contributed by atoms with E-state index < -0.39 is 23.7 Å². The van der Waals surface area contributed by atoms with E-state index in [1.165, 1.54) is 0 Å². The zero-order valence-corrected chi connectivity index (χ0v) is 16.8. The Morgan fingerprint density at radius 3 is 2.32 bits per heavy atom. The first kappa shape index (κ1) is 22.9. The van der Waals surface area contributed by atoms with Gasteiger partial charge in [-0.3, -0.25) is 0 Å². The van der Waals surface area contributed by atoms with Crippen LogP contribution < -0.4 is 4.74 Å². The maximum Gasteiger partial charge on any atom is 0.189 e. The molecule has 164 valence electrons. The lowest BCUT2D eigenvalue weighted by atomic mass is 9.83. The van der Waals surface area contributed by atoms with E-state index in [0.717, 1.165) is 5.56 Å². The summed E-state index contributed by atoms with van der Waals surface area (Å²) in [6, 6.07) is 20.2. The highest BCUT2D eigenvalue weighted by molar-refractivity contribution is 5.36. The maximum absolute atomic E-state index is 13.6. The van der Waals surface area contributed by atoms with Crippen molar-refractivity contribution in [3.05, 3.63) is 78.1 Å². The zero-order valence-electron chi connectivity index (χ0n) is 16.8. The molecule has 1 aliphatic rings. The average Bonchev–Trinajstić information content (AvgIpc) is 3.01. The molecular weight excluding hydrogens is 405 g/mol. The van der Waals surface area contributed by atoms with Gasteiger partial charge in [0.1, 0.15) is 36.3 Å². The van der Waals surface area contributed by atoms with Crippen molar-refractivity contribution in [2.45, 2.75) is 24.9 Å². The van der Waals surface area contributed by atoms with E-state index in [-0.39, 0.29) is 38.7 Å². The molecule has 2 aromatic carbocycles. The molecule has 7 nitrogen and oxygen atoms in total. The number of aliphatic hydroxyl groups is 2. The number of aliphatic hydroxyl groups excluding tert-OH is 2. The van der Waals surface area contributed by atoms with E-state index in [9.17, 15) is 19.9 Å². The molecule has 0 aliphatic heterocycles. The second kappa shape index (κ2) is 11.0. The maximum atomic E-state index is 13.6. The molecule has 0 saturated heterocycles. The molecule has 1 fully saturated rings. The molecule has 0 aromatic heterocycles. The van der Waals surface area contributed by atoms with Crippen LogP contribution in [0.5, 0.6) is 5.75 Å². The molecule has 1 saturated carbocycles. The van der Waals surface area contributed by atoms with Crippen LogP contribution in [0.1, 0.15) is 5.56 Å². The number of halogens is 1. The van der Waals surface area contributed by atoms with Crippen LogP contribution >= 0.6 is 0 Å². The Morgan fingerprint density at radius 2 is 1.68 bits per heavy atom. The number of nitrogens with zero attached hydrogens (tertiary/aromatic N) is 1. The molecule has 0 amide bonds. The highest BCUT2D eigenvalue weighted by atomic mass is 19.1. The normalized spacial score (nSPS) is 26.6. The summed E-state index contributed by atoms with van der Waals surface area (Å²) in [4.78, 5) is 0. The van der Waals surface area contributed by atoms with Crippen LogP contribution in [0.25, 0.3) is 0 Å². The van der Waals surface area contributed by atoms with Gasteiger partial charge in [-0.15, -0.1) is 0 Å². The van der Waals surface area contributed by atoms with E-state index in [4.69, 9.17) is 18.9 Å². The van der Waals surface area contributed by atoms with Gasteiger partial charge < -0.3 is 29.2 Å². The van der Waals surface area contributed by atoms with Crippen molar-refractivity contribution < 1.29 is 33.6 Å². The Morgan fingerprint density at radius 1 is 1.00 bits per heavy atom. The van der Waals surface area contributed by atoms with Gasteiger partial charge in [-0.05, 0) is 17.7 Å². The molecule has 2 aromatic rings. The Labute approximate surface area is 179 Å². The van der Waals surface area contributed by atoms with Crippen LogP contribution in [0.2, 0.25) is 0 Å². The number of hydrogen-bond donors (Lipinski definition) is 2. The first-order valence-electron chi connectivity index (χ1n) is 9.69. The lowest BCUT2D eigenvalue weighted by Crippen LogP contribution is -2.42. The van der Waals surface area contributed by atoms with Gasteiger partial charge in [0.2, 0.25) is 0 Å². The van der Waals surface area contributed by atoms with Gasteiger partial charge in [-0.1, -0.05) is 48.5 Å². The lowest BCUT2D eigenvalue weighted by molar-refractivity contribution is -0.158. The minimum absolute atomic E-state index is 0.118. The van der Waals surface area contributed by atoms with E-state index >= 15 is 0 Å². The predicted molar refractivity (Wildman–Crippen MR) is 108 cm³/mol. The molecule has 2 N–H and O–H groups in total. The summed E-state index contributed by atoms with van der Waals surface area (Å²) in [5.41, 5.74) is -1.14. The summed E-state index contributed by atoms with van der Waals surface area (Å²) in [6.45, 7) is -0.591. The molecule has 8 heteroatoms. The minimum atomic E-state index is -1.75.